The van der Waals surface area contributed by atoms with Crippen molar-refractivity contribution in [3.63, 3.8) is 0 Å². The third-order valence-corrected chi connectivity index (χ3v) is 6.14. The Morgan fingerprint density at radius 3 is 2.77 bits per heavy atom. The van der Waals surface area contributed by atoms with E-state index in [2.05, 4.69) is 40.2 Å². The van der Waals surface area contributed by atoms with Gasteiger partial charge in [-0.2, -0.15) is 0 Å². The van der Waals surface area contributed by atoms with Crippen LogP contribution in [0.25, 0.3) is 0 Å². The van der Waals surface area contributed by atoms with Crippen LogP contribution < -0.4 is 15.0 Å². The average Bonchev–Trinajstić information content (AvgIpc) is 2.77. The highest BCUT2D eigenvalue weighted by Crippen LogP contribution is 2.29. The van der Waals surface area contributed by atoms with Gasteiger partial charge in [0.15, 0.2) is 5.11 Å². The smallest absolute Gasteiger partial charge is 0.173 e. The van der Waals surface area contributed by atoms with Crippen LogP contribution in [-0.2, 0) is 17.7 Å². The molecule has 0 spiro atoms. The van der Waals surface area contributed by atoms with Gasteiger partial charge in [-0.15, -0.1) is 0 Å². The summed E-state index contributed by atoms with van der Waals surface area (Å²) in [5.74, 6) is 0.639. The van der Waals surface area contributed by atoms with Crippen LogP contribution in [-0.4, -0.2) is 50.5 Å². The first kappa shape index (κ1) is 23.6. The molecule has 0 aliphatic carbocycles. The van der Waals surface area contributed by atoms with Gasteiger partial charge in [0, 0.05) is 44.7 Å². The minimum Gasteiger partial charge on any atom is -0.495 e. The van der Waals surface area contributed by atoms with Crippen molar-refractivity contribution in [2.75, 3.05) is 50.7 Å². The highest BCUT2D eigenvalue weighted by atomic mass is 35.5. The van der Waals surface area contributed by atoms with Crippen LogP contribution in [0.1, 0.15) is 30.9 Å². The van der Waals surface area contributed by atoms with E-state index in [-0.39, 0.29) is 0 Å². The molecule has 31 heavy (non-hydrogen) atoms. The van der Waals surface area contributed by atoms with Gasteiger partial charge in [-0.1, -0.05) is 30.7 Å². The van der Waals surface area contributed by atoms with E-state index in [9.17, 15) is 0 Å². The van der Waals surface area contributed by atoms with E-state index < -0.39 is 0 Å². The Hall–Kier alpha value is -2.02. The van der Waals surface area contributed by atoms with Gasteiger partial charge >= 0.3 is 0 Å². The van der Waals surface area contributed by atoms with Crippen LogP contribution in [0.4, 0.5) is 11.4 Å². The second-order valence-corrected chi connectivity index (χ2v) is 8.54. The lowest BCUT2D eigenvalue weighted by atomic mass is 9.99. The number of fused-ring (bicyclic) bond motifs is 1. The molecule has 0 fully saturated rings. The average molecular weight is 462 g/mol. The predicted molar refractivity (Wildman–Crippen MR) is 134 cm³/mol. The molecule has 2 aromatic carbocycles. The molecule has 1 heterocycles. The molecule has 0 unspecified atom stereocenters. The number of nitrogens with one attached hydrogen (secondary N) is 1. The quantitative estimate of drug-likeness (QED) is 0.507. The van der Waals surface area contributed by atoms with Crippen molar-refractivity contribution in [2.45, 2.75) is 32.7 Å². The number of methoxy groups -OCH3 is 2. The summed E-state index contributed by atoms with van der Waals surface area (Å²) in [4.78, 5) is 4.64. The minimum atomic E-state index is 0.546. The zero-order valence-corrected chi connectivity index (χ0v) is 20.2. The van der Waals surface area contributed by atoms with E-state index in [4.69, 9.17) is 33.3 Å². The maximum Gasteiger partial charge on any atom is 0.173 e. The summed E-state index contributed by atoms with van der Waals surface area (Å²) in [5, 5.41) is 4.49. The maximum absolute atomic E-state index is 6.26. The highest BCUT2D eigenvalue weighted by molar-refractivity contribution is 7.80. The van der Waals surface area contributed by atoms with Crippen molar-refractivity contribution < 1.29 is 9.47 Å². The van der Waals surface area contributed by atoms with E-state index >= 15 is 0 Å². The van der Waals surface area contributed by atoms with Crippen molar-refractivity contribution in [1.82, 2.24) is 4.90 Å². The molecule has 0 radical (unpaired) electrons. The Labute approximate surface area is 196 Å². The fourth-order valence-corrected chi connectivity index (χ4v) is 4.48. The fraction of sp³-hybridized carbons (Fsp3) is 0.458. The lowest BCUT2D eigenvalue weighted by molar-refractivity contribution is 0.175. The molecule has 7 heteroatoms. The molecule has 1 N–H and O–H groups in total. The zero-order chi connectivity index (χ0) is 22.2. The van der Waals surface area contributed by atoms with Crippen molar-refractivity contribution in [2.24, 2.45) is 0 Å². The number of thiocarbonyl (C=S) groups is 1. The van der Waals surface area contributed by atoms with Crippen molar-refractivity contribution in [3.8, 4) is 5.75 Å². The number of nitrogens with zero attached hydrogens (tertiary/aromatic N) is 2. The first-order valence-corrected chi connectivity index (χ1v) is 11.6. The number of aryl methyl sites for hydroxylation is 1. The van der Waals surface area contributed by atoms with Crippen LogP contribution in [0.15, 0.2) is 36.4 Å². The molecule has 5 nitrogen and oxygen atoms in total. The summed E-state index contributed by atoms with van der Waals surface area (Å²) in [5.41, 5.74) is 4.91. The maximum atomic E-state index is 6.26. The number of ether oxygens (including phenoxy) is 2. The first-order valence-electron chi connectivity index (χ1n) is 10.8. The van der Waals surface area contributed by atoms with Crippen molar-refractivity contribution >= 4 is 40.3 Å². The third kappa shape index (κ3) is 6.25. The summed E-state index contributed by atoms with van der Waals surface area (Å²) in [7, 11) is 3.31. The van der Waals surface area contributed by atoms with Gasteiger partial charge in [0.25, 0.3) is 0 Å². The second-order valence-electron chi connectivity index (χ2n) is 7.75. The molecular weight excluding hydrogens is 430 g/mol. The van der Waals surface area contributed by atoms with Crippen LogP contribution >= 0.6 is 23.8 Å². The second kappa shape index (κ2) is 11.6. The normalized spacial score (nSPS) is 13.0. The van der Waals surface area contributed by atoms with Gasteiger partial charge in [0.1, 0.15) is 5.75 Å². The van der Waals surface area contributed by atoms with Gasteiger partial charge in [0.05, 0.1) is 18.7 Å². The zero-order valence-electron chi connectivity index (χ0n) is 18.6. The van der Waals surface area contributed by atoms with E-state index in [1.54, 1.807) is 14.2 Å². The van der Waals surface area contributed by atoms with Gasteiger partial charge in [-0.3, -0.25) is 0 Å². The summed E-state index contributed by atoms with van der Waals surface area (Å²) in [6.07, 6.45) is 3.51. The van der Waals surface area contributed by atoms with E-state index in [0.717, 1.165) is 31.7 Å². The Bertz CT molecular complexity index is 893. The number of anilines is 2. The standard InChI is InChI=1S/C24H32ClN3O2S/c1-4-11-27-12-5-6-19-15-18(7-9-22(19)27)17-28(13-14-29-2)24(31)26-20-8-10-23(30-3)21(25)16-20/h7-10,15-16H,4-6,11-14,17H2,1-3H3,(H,26,31). The van der Waals surface area contributed by atoms with Gasteiger partial charge in [-0.25, -0.2) is 0 Å². The van der Waals surface area contributed by atoms with Crippen LogP contribution in [0, 0.1) is 0 Å². The number of benzene rings is 2. The monoisotopic (exact) mass is 461 g/mol. The Kier molecular flexibility index (Phi) is 8.81. The van der Waals surface area contributed by atoms with Gasteiger partial charge in [-0.05, 0) is 66.9 Å². The lowest BCUT2D eigenvalue weighted by Crippen LogP contribution is -2.36. The number of hydrogen-bond donors (Lipinski definition) is 1. The van der Waals surface area contributed by atoms with E-state index in [0.29, 0.717) is 29.0 Å². The van der Waals surface area contributed by atoms with Crippen LogP contribution in [0.2, 0.25) is 5.02 Å². The molecule has 1 aliphatic heterocycles. The highest BCUT2D eigenvalue weighted by Gasteiger charge is 2.18. The summed E-state index contributed by atoms with van der Waals surface area (Å²) in [6, 6.07) is 12.4. The molecule has 0 bridgehead atoms. The Morgan fingerprint density at radius 1 is 1.23 bits per heavy atom. The molecule has 168 valence electrons. The molecule has 3 rings (SSSR count). The fourth-order valence-electron chi connectivity index (χ4n) is 3.95. The van der Waals surface area contributed by atoms with E-state index in [1.807, 2.05) is 18.2 Å². The van der Waals surface area contributed by atoms with Gasteiger partial charge in [0.2, 0.25) is 0 Å². The molecule has 0 aromatic heterocycles. The predicted octanol–water partition coefficient (Wildman–Crippen LogP) is 5.36. The molecule has 1 aliphatic rings. The lowest BCUT2D eigenvalue weighted by Gasteiger charge is -2.32. The largest absolute Gasteiger partial charge is 0.495 e. The molecule has 0 amide bonds. The minimum absolute atomic E-state index is 0.546. The number of halogens is 1. The Balaban J connectivity index is 1.73. The van der Waals surface area contributed by atoms with Crippen LogP contribution in [0.3, 0.4) is 0 Å². The summed E-state index contributed by atoms with van der Waals surface area (Å²) in [6.45, 7) is 6.52. The first-order chi connectivity index (χ1) is 15.0. The molecule has 0 atom stereocenters. The topological polar surface area (TPSA) is 37.0 Å². The van der Waals surface area contributed by atoms with Crippen LogP contribution in [0.5, 0.6) is 5.75 Å². The molecular formula is C24H32ClN3O2S. The molecule has 0 saturated heterocycles. The molecule has 2 aromatic rings. The Morgan fingerprint density at radius 2 is 2.06 bits per heavy atom. The van der Waals surface area contributed by atoms with Crippen molar-refractivity contribution in [3.05, 3.63) is 52.5 Å². The third-order valence-electron chi connectivity index (χ3n) is 5.48. The van der Waals surface area contributed by atoms with Gasteiger partial charge < -0.3 is 24.6 Å². The molecule has 0 saturated carbocycles. The van der Waals surface area contributed by atoms with E-state index in [1.165, 1.54) is 29.7 Å². The number of hydrogen-bond acceptors (Lipinski definition) is 4. The van der Waals surface area contributed by atoms with Crippen molar-refractivity contribution in [1.29, 1.82) is 0 Å². The summed E-state index contributed by atoms with van der Waals surface area (Å²) < 4.78 is 10.5. The number of rotatable bonds is 9. The SMILES string of the molecule is CCCN1CCCc2cc(CN(CCOC)C(=S)Nc3ccc(OC)c(Cl)c3)ccc21. The summed E-state index contributed by atoms with van der Waals surface area (Å²) >= 11 is 12.0.